The van der Waals surface area contributed by atoms with Crippen molar-refractivity contribution in [3.63, 3.8) is 0 Å². The van der Waals surface area contributed by atoms with Crippen LogP contribution in [0.3, 0.4) is 0 Å². The number of likely N-dealkylation sites (tertiary alicyclic amines) is 1. The van der Waals surface area contributed by atoms with Crippen LogP contribution in [-0.4, -0.2) is 23.6 Å². The highest BCUT2D eigenvalue weighted by Crippen LogP contribution is 2.36. The van der Waals surface area contributed by atoms with Crippen molar-refractivity contribution in [2.45, 2.75) is 31.4 Å². The molecule has 2 aliphatic heterocycles. The van der Waals surface area contributed by atoms with Crippen LogP contribution in [0.2, 0.25) is 0 Å². The van der Waals surface area contributed by atoms with Crippen LogP contribution in [-0.2, 0) is 9.53 Å². The molecule has 1 saturated heterocycles. The van der Waals surface area contributed by atoms with Crippen molar-refractivity contribution < 1.29 is 14.3 Å². The number of amides is 1. The molecular formula is C20H20N2O3. The number of aromatic nitrogens is 1. The summed E-state index contributed by atoms with van der Waals surface area (Å²) in [4.78, 5) is 14.0. The van der Waals surface area contributed by atoms with Gasteiger partial charge in [-0.2, -0.15) is 4.73 Å². The SMILES string of the molecule is O=C1CCCN1[C@@H]1C[C@H](c2ccccc2)C=C(c2cccc[n+]2[O-])O1. The first-order valence-electron chi connectivity index (χ1n) is 8.64. The van der Waals surface area contributed by atoms with Gasteiger partial charge in [0, 0.05) is 37.4 Å². The standard InChI is InChI=1S/C20H20N2O3/c23-19-10-6-11-21(19)20-14-16(15-7-2-1-3-8-15)13-18(25-20)17-9-4-5-12-22(17)24/h1-5,7-9,12-13,16,20H,6,10-11,14H2/t16-,20+/m1/s1. The largest absolute Gasteiger partial charge is 0.618 e. The fourth-order valence-electron chi connectivity index (χ4n) is 3.56. The second kappa shape index (κ2) is 6.59. The van der Waals surface area contributed by atoms with E-state index in [2.05, 4.69) is 12.1 Å². The first-order valence-corrected chi connectivity index (χ1v) is 8.64. The van der Waals surface area contributed by atoms with Crippen LogP contribution in [0.25, 0.3) is 5.76 Å². The molecule has 4 rings (SSSR count). The third-order valence-electron chi connectivity index (χ3n) is 4.83. The Bertz CT molecular complexity index is 804. The van der Waals surface area contributed by atoms with Crippen molar-refractivity contribution in [1.82, 2.24) is 4.90 Å². The number of nitrogens with zero attached hydrogens (tertiary/aromatic N) is 2. The molecule has 1 fully saturated rings. The summed E-state index contributed by atoms with van der Waals surface area (Å²) in [7, 11) is 0. The number of hydrogen-bond donors (Lipinski definition) is 0. The monoisotopic (exact) mass is 336 g/mol. The smallest absolute Gasteiger partial charge is 0.258 e. The van der Waals surface area contributed by atoms with Crippen molar-refractivity contribution in [2.24, 2.45) is 0 Å². The molecule has 5 nitrogen and oxygen atoms in total. The molecule has 1 amide bonds. The predicted molar refractivity (Wildman–Crippen MR) is 93.0 cm³/mol. The summed E-state index contributed by atoms with van der Waals surface area (Å²) in [6.07, 6.45) is 5.26. The van der Waals surface area contributed by atoms with Gasteiger partial charge in [-0.15, -0.1) is 0 Å². The Morgan fingerprint density at radius 1 is 1.12 bits per heavy atom. The van der Waals surface area contributed by atoms with Crippen LogP contribution in [0.5, 0.6) is 0 Å². The second-order valence-electron chi connectivity index (χ2n) is 6.46. The Labute approximate surface area is 146 Å². The van der Waals surface area contributed by atoms with Gasteiger partial charge in [-0.05, 0) is 24.1 Å². The Hall–Kier alpha value is -2.82. The van der Waals surface area contributed by atoms with E-state index in [9.17, 15) is 10.0 Å². The van der Waals surface area contributed by atoms with E-state index in [1.54, 1.807) is 17.0 Å². The predicted octanol–water partition coefficient (Wildman–Crippen LogP) is 2.81. The van der Waals surface area contributed by atoms with Gasteiger partial charge in [-0.1, -0.05) is 30.3 Å². The zero-order valence-electron chi connectivity index (χ0n) is 13.9. The van der Waals surface area contributed by atoms with Crippen LogP contribution in [0.1, 0.15) is 36.4 Å². The molecule has 128 valence electrons. The minimum absolute atomic E-state index is 0.101. The van der Waals surface area contributed by atoms with Crippen molar-refractivity contribution in [3.05, 3.63) is 77.3 Å². The van der Waals surface area contributed by atoms with Gasteiger partial charge in [-0.3, -0.25) is 4.79 Å². The van der Waals surface area contributed by atoms with Gasteiger partial charge in [-0.25, -0.2) is 0 Å². The van der Waals surface area contributed by atoms with Gasteiger partial charge in [0.05, 0.1) is 0 Å². The molecule has 0 N–H and O–H groups in total. The third kappa shape index (κ3) is 3.09. The molecule has 1 aromatic carbocycles. The highest BCUT2D eigenvalue weighted by atomic mass is 16.5. The van der Waals surface area contributed by atoms with Crippen molar-refractivity contribution in [3.8, 4) is 0 Å². The fourth-order valence-corrected chi connectivity index (χ4v) is 3.56. The maximum Gasteiger partial charge on any atom is 0.258 e. The summed E-state index contributed by atoms with van der Waals surface area (Å²) >= 11 is 0. The molecule has 0 unspecified atom stereocenters. The van der Waals surface area contributed by atoms with Gasteiger partial charge in [0.1, 0.15) is 0 Å². The van der Waals surface area contributed by atoms with Gasteiger partial charge >= 0.3 is 0 Å². The summed E-state index contributed by atoms with van der Waals surface area (Å²) in [5.74, 6) is 0.769. The summed E-state index contributed by atoms with van der Waals surface area (Å²) < 4.78 is 6.91. The lowest BCUT2D eigenvalue weighted by molar-refractivity contribution is -0.609. The van der Waals surface area contributed by atoms with Crippen molar-refractivity contribution in [2.75, 3.05) is 6.54 Å². The second-order valence-corrected chi connectivity index (χ2v) is 6.46. The van der Waals surface area contributed by atoms with E-state index in [-0.39, 0.29) is 18.1 Å². The zero-order chi connectivity index (χ0) is 17.2. The van der Waals surface area contributed by atoms with Crippen LogP contribution in [0.15, 0.2) is 60.8 Å². The molecule has 2 atom stereocenters. The molecule has 5 heteroatoms. The highest BCUT2D eigenvalue weighted by molar-refractivity contribution is 5.78. The van der Waals surface area contributed by atoms with E-state index in [4.69, 9.17) is 4.74 Å². The summed E-state index contributed by atoms with van der Waals surface area (Å²) in [6.45, 7) is 0.713. The number of carbonyl (C=O) groups excluding carboxylic acids is 1. The molecule has 3 heterocycles. The minimum Gasteiger partial charge on any atom is -0.618 e. The number of allylic oxidation sites excluding steroid dienone is 1. The van der Waals surface area contributed by atoms with Crippen molar-refractivity contribution >= 4 is 11.7 Å². The van der Waals surface area contributed by atoms with E-state index in [1.807, 2.05) is 30.3 Å². The van der Waals surface area contributed by atoms with E-state index >= 15 is 0 Å². The topological polar surface area (TPSA) is 56.5 Å². The summed E-state index contributed by atoms with van der Waals surface area (Å²) in [5, 5.41) is 12.2. The molecule has 25 heavy (non-hydrogen) atoms. The summed E-state index contributed by atoms with van der Waals surface area (Å²) in [5.41, 5.74) is 1.63. The van der Waals surface area contributed by atoms with Crippen LogP contribution >= 0.6 is 0 Å². The highest BCUT2D eigenvalue weighted by Gasteiger charge is 2.36. The van der Waals surface area contributed by atoms with Gasteiger partial charge in [0.25, 0.3) is 5.69 Å². The van der Waals surface area contributed by atoms with Crippen LogP contribution in [0, 0.1) is 5.21 Å². The van der Waals surface area contributed by atoms with E-state index in [1.165, 1.54) is 6.20 Å². The number of hydrogen-bond acceptors (Lipinski definition) is 3. The molecule has 0 aliphatic carbocycles. The molecular weight excluding hydrogens is 316 g/mol. The molecule has 0 spiro atoms. The first kappa shape index (κ1) is 15.7. The average molecular weight is 336 g/mol. The molecule has 1 aromatic heterocycles. The number of rotatable bonds is 3. The lowest BCUT2D eigenvalue weighted by Crippen LogP contribution is -2.42. The van der Waals surface area contributed by atoms with Gasteiger partial charge in [0.15, 0.2) is 18.2 Å². The molecule has 2 aliphatic rings. The van der Waals surface area contributed by atoms with Gasteiger partial charge in [0.2, 0.25) is 5.91 Å². The fraction of sp³-hybridized carbons (Fsp3) is 0.300. The third-order valence-corrected chi connectivity index (χ3v) is 4.83. The Balaban J connectivity index is 1.72. The maximum atomic E-state index is 12.2. The van der Waals surface area contributed by atoms with Crippen molar-refractivity contribution in [1.29, 1.82) is 0 Å². The zero-order valence-corrected chi connectivity index (χ0v) is 13.9. The lowest BCUT2D eigenvalue weighted by Gasteiger charge is -2.34. The van der Waals surface area contributed by atoms with Gasteiger partial charge < -0.3 is 14.8 Å². The van der Waals surface area contributed by atoms with Crippen LogP contribution < -0.4 is 4.73 Å². The number of ether oxygens (including phenoxy) is 1. The Morgan fingerprint density at radius 2 is 1.92 bits per heavy atom. The average Bonchev–Trinajstić information content (AvgIpc) is 3.08. The molecule has 0 bridgehead atoms. The van der Waals surface area contributed by atoms with Crippen LogP contribution in [0.4, 0.5) is 0 Å². The van der Waals surface area contributed by atoms with E-state index in [0.29, 0.717) is 30.8 Å². The minimum atomic E-state index is -0.333. The maximum absolute atomic E-state index is 12.2. The first-order chi connectivity index (χ1) is 12.2. The van der Waals surface area contributed by atoms with E-state index in [0.717, 1.165) is 16.7 Å². The normalized spacial score (nSPS) is 23.3. The molecule has 0 radical (unpaired) electrons. The quantitative estimate of drug-likeness (QED) is 0.640. The number of carbonyl (C=O) groups is 1. The molecule has 2 aromatic rings. The van der Waals surface area contributed by atoms with E-state index < -0.39 is 0 Å². The Morgan fingerprint density at radius 3 is 2.64 bits per heavy atom. The number of pyridine rings is 1. The number of benzene rings is 1. The summed E-state index contributed by atoms with van der Waals surface area (Å²) in [6, 6.07) is 15.4. The molecule has 0 saturated carbocycles. The Kier molecular flexibility index (Phi) is 4.14. The lowest BCUT2D eigenvalue weighted by atomic mass is 9.91.